The first-order valence-electron chi connectivity index (χ1n) is 15.4. The molecule has 0 saturated heterocycles. The number of aliphatic hydroxyl groups excluding tert-OH is 1. The van der Waals surface area contributed by atoms with Crippen molar-refractivity contribution in [2.24, 2.45) is 15.0 Å². The number of hydrogen-bond acceptors (Lipinski definition) is 10. The van der Waals surface area contributed by atoms with E-state index in [9.17, 15) is 19.8 Å². The van der Waals surface area contributed by atoms with Gasteiger partial charge in [-0.2, -0.15) is 0 Å². The standard InChI is InChI=1S/C36H40N4O6/c1-8-22-19(2)27-16-32-25(13-14-41)36(5,44)33(40-32)18-28-21(4)24(10-12-35(43)46-7)31(39-28)17-30-23(9-11-34(42)45-6)20(3)26(38-30)15-29(22)37-27/h13-18,40-41,44H,8-12H2,1-7H3/b14-13-,26-15?,27-16?,31-17?,33-18?. The largest absolute Gasteiger partial charge is 0.516 e. The quantitative estimate of drug-likeness (QED) is 0.227. The molecule has 5 rings (SSSR count). The fourth-order valence-corrected chi connectivity index (χ4v) is 6.29. The molecule has 5 aliphatic heterocycles. The third-order valence-corrected chi connectivity index (χ3v) is 9.09. The van der Waals surface area contributed by atoms with Crippen LogP contribution in [0.4, 0.5) is 0 Å². The summed E-state index contributed by atoms with van der Waals surface area (Å²) in [6.07, 6.45) is 11.8. The first-order valence-corrected chi connectivity index (χ1v) is 15.4. The summed E-state index contributed by atoms with van der Waals surface area (Å²) in [6.45, 7) is 9.69. The highest BCUT2D eigenvalue weighted by Gasteiger charge is 2.39. The summed E-state index contributed by atoms with van der Waals surface area (Å²) < 4.78 is 9.85. The smallest absolute Gasteiger partial charge is 0.305 e. The zero-order chi connectivity index (χ0) is 33.3. The molecule has 0 amide bonds. The van der Waals surface area contributed by atoms with Crippen molar-refractivity contribution in [3.8, 4) is 0 Å². The SMILES string of the molecule is CCC1=C(C)C2=CC3=C(/C=C\O)C(C)(O)C(=CC4=NC(=CC5=NC(=CC1=N2)C(C)=C5CCC(=O)OC)C(CCC(=O)OC)=C4C)N3. The van der Waals surface area contributed by atoms with Gasteiger partial charge in [0.15, 0.2) is 0 Å². The van der Waals surface area contributed by atoms with E-state index in [4.69, 9.17) is 24.5 Å². The van der Waals surface area contributed by atoms with E-state index in [-0.39, 0.29) is 24.8 Å². The molecule has 5 heterocycles. The Kier molecular flexibility index (Phi) is 9.12. The van der Waals surface area contributed by atoms with Gasteiger partial charge in [-0.15, -0.1) is 0 Å². The van der Waals surface area contributed by atoms with E-state index >= 15 is 0 Å². The van der Waals surface area contributed by atoms with Crippen LogP contribution in [0.15, 0.2) is 119 Å². The van der Waals surface area contributed by atoms with Crippen LogP contribution in [0.5, 0.6) is 0 Å². The molecule has 1 unspecified atom stereocenters. The Morgan fingerprint density at radius 2 is 1.35 bits per heavy atom. The molecule has 10 nitrogen and oxygen atoms in total. The highest BCUT2D eigenvalue weighted by Crippen LogP contribution is 2.40. The average molecular weight is 625 g/mol. The van der Waals surface area contributed by atoms with E-state index in [0.29, 0.717) is 46.9 Å². The average Bonchev–Trinajstić information content (AvgIpc) is 3.67. The monoisotopic (exact) mass is 624 g/mol. The lowest BCUT2D eigenvalue weighted by atomic mass is 9.92. The Hall–Kier alpha value is -4.83. The van der Waals surface area contributed by atoms with Crippen LogP contribution in [0, 0.1) is 0 Å². The van der Waals surface area contributed by atoms with Crippen molar-refractivity contribution in [2.45, 2.75) is 72.3 Å². The van der Waals surface area contributed by atoms with Crippen molar-refractivity contribution in [3.63, 3.8) is 0 Å². The van der Waals surface area contributed by atoms with Crippen LogP contribution >= 0.6 is 0 Å². The molecule has 240 valence electrons. The molecule has 0 aromatic carbocycles. The minimum absolute atomic E-state index is 0.160. The van der Waals surface area contributed by atoms with Gasteiger partial charge in [-0.3, -0.25) is 9.59 Å². The molecule has 1 atom stereocenters. The lowest BCUT2D eigenvalue weighted by molar-refractivity contribution is -0.141. The number of hydrogen-bond donors (Lipinski definition) is 3. The van der Waals surface area contributed by atoms with Crippen molar-refractivity contribution >= 4 is 29.1 Å². The summed E-state index contributed by atoms with van der Waals surface area (Å²) >= 11 is 0. The Morgan fingerprint density at radius 3 is 1.96 bits per heavy atom. The summed E-state index contributed by atoms with van der Waals surface area (Å²) in [5, 5.41) is 24.9. The maximum Gasteiger partial charge on any atom is 0.305 e. The fourth-order valence-electron chi connectivity index (χ4n) is 6.29. The van der Waals surface area contributed by atoms with Gasteiger partial charge in [0.05, 0.1) is 60.4 Å². The zero-order valence-corrected chi connectivity index (χ0v) is 27.4. The minimum Gasteiger partial charge on any atom is -0.516 e. The minimum atomic E-state index is -1.48. The number of carbonyl (C=O) groups is 2. The van der Waals surface area contributed by atoms with Crippen molar-refractivity contribution in [3.05, 3.63) is 104 Å². The molecule has 0 aromatic rings. The van der Waals surface area contributed by atoms with Gasteiger partial charge < -0.3 is 25.0 Å². The predicted molar refractivity (Wildman–Crippen MR) is 178 cm³/mol. The van der Waals surface area contributed by atoms with Gasteiger partial charge in [0.1, 0.15) is 5.60 Å². The molecule has 10 heteroatoms. The highest BCUT2D eigenvalue weighted by atomic mass is 16.5. The van der Waals surface area contributed by atoms with Crippen LogP contribution in [0.1, 0.15) is 66.7 Å². The summed E-state index contributed by atoms with van der Waals surface area (Å²) in [6, 6.07) is 0. The van der Waals surface area contributed by atoms with Crippen LogP contribution in [0.25, 0.3) is 0 Å². The van der Waals surface area contributed by atoms with Crippen LogP contribution in [-0.2, 0) is 19.1 Å². The predicted octanol–water partition coefficient (Wildman–Crippen LogP) is 5.85. The third kappa shape index (κ3) is 5.92. The summed E-state index contributed by atoms with van der Waals surface area (Å²) in [5.41, 5.74) is 9.86. The third-order valence-electron chi connectivity index (χ3n) is 9.09. The number of nitrogens with one attached hydrogen (secondary N) is 1. The van der Waals surface area contributed by atoms with Gasteiger partial charge in [0, 0.05) is 24.1 Å². The van der Waals surface area contributed by atoms with E-state index in [1.54, 1.807) is 13.0 Å². The molecule has 5 aliphatic rings. The molecular formula is C36H40N4O6. The maximum absolute atomic E-state index is 12.2. The van der Waals surface area contributed by atoms with Crippen LogP contribution in [0.2, 0.25) is 0 Å². The number of rotatable bonds is 8. The lowest BCUT2D eigenvalue weighted by Gasteiger charge is -2.20. The Bertz CT molecular complexity index is 1800. The molecule has 0 aliphatic carbocycles. The lowest BCUT2D eigenvalue weighted by Crippen LogP contribution is -2.29. The van der Waals surface area contributed by atoms with E-state index in [1.165, 1.54) is 20.3 Å². The number of aliphatic imine (C=N–C) groups is 3. The van der Waals surface area contributed by atoms with E-state index in [0.717, 1.165) is 63.2 Å². The zero-order valence-electron chi connectivity index (χ0n) is 27.4. The summed E-state index contributed by atoms with van der Waals surface area (Å²) in [5.74, 6) is -0.650. The molecule has 0 aromatic heterocycles. The number of methoxy groups -OCH3 is 2. The van der Waals surface area contributed by atoms with Crippen molar-refractivity contribution in [2.75, 3.05) is 14.2 Å². The van der Waals surface area contributed by atoms with Crippen molar-refractivity contribution < 1.29 is 29.3 Å². The van der Waals surface area contributed by atoms with Crippen LogP contribution in [-0.4, -0.2) is 59.1 Å². The van der Waals surface area contributed by atoms with E-state index in [1.807, 2.05) is 39.0 Å². The highest BCUT2D eigenvalue weighted by molar-refractivity contribution is 6.18. The second-order valence-electron chi connectivity index (χ2n) is 11.8. The number of allylic oxidation sites excluding steroid dienone is 10. The number of carbonyl (C=O) groups excluding carboxylic acids is 2. The van der Waals surface area contributed by atoms with E-state index < -0.39 is 5.60 Å². The van der Waals surface area contributed by atoms with Gasteiger partial charge in [0.25, 0.3) is 0 Å². The molecule has 0 saturated carbocycles. The number of aliphatic hydroxyl groups is 2. The first-order chi connectivity index (χ1) is 21.9. The number of esters is 2. The second-order valence-corrected chi connectivity index (χ2v) is 11.8. The van der Waals surface area contributed by atoms with Crippen molar-refractivity contribution in [1.29, 1.82) is 0 Å². The van der Waals surface area contributed by atoms with Crippen LogP contribution < -0.4 is 5.32 Å². The molecular weight excluding hydrogens is 584 g/mol. The Labute approximate surface area is 269 Å². The summed E-state index contributed by atoms with van der Waals surface area (Å²) in [4.78, 5) is 39.4. The Balaban J connectivity index is 1.77. The maximum atomic E-state index is 12.2. The fraction of sp³-hybridized carbons (Fsp3) is 0.361. The second kappa shape index (κ2) is 12.9. The normalized spacial score (nSPS) is 22.5. The topological polar surface area (TPSA) is 142 Å². The molecule has 0 fully saturated rings. The van der Waals surface area contributed by atoms with Gasteiger partial charge in [-0.05, 0) is 111 Å². The molecule has 0 spiro atoms. The van der Waals surface area contributed by atoms with Gasteiger partial charge >= 0.3 is 11.9 Å². The number of fused-ring (bicyclic) bond motifs is 5. The van der Waals surface area contributed by atoms with Crippen molar-refractivity contribution in [1.82, 2.24) is 5.32 Å². The van der Waals surface area contributed by atoms with Gasteiger partial charge in [-0.25, -0.2) is 15.0 Å². The number of nitrogens with zero attached hydrogens (tertiary/aromatic N) is 3. The Morgan fingerprint density at radius 1 is 0.804 bits per heavy atom. The van der Waals surface area contributed by atoms with Crippen LogP contribution in [0.3, 0.4) is 0 Å². The summed E-state index contributed by atoms with van der Waals surface area (Å²) in [7, 11) is 2.74. The van der Waals surface area contributed by atoms with Gasteiger partial charge in [0.2, 0.25) is 0 Å². The molecule has 8 bridgehead atoms. The van der Waals surface area contributed by atoms with E-state index in [2.05, 4.69) is 12.2 Å². The molecule has 3 N–H and O–H groups in total. The first kappa shape index (κ1) is 32.6. The molecule has 46 heavy (non-hydrogen) atoms. The molecule has 0 radical (unpaired) electrons. The number of ether oxygens (including phenoxy) is 2. The van der Waals surface area contributed by atoms with Gasteiger partial charge in [-0.1, -0.05) is 6.92 Å².